The Morgan fingerprint density at radius 3 is 2.00 bits per heavy atom. The lowest BCUT2D eigenvalue weighted by molar-refractivity contribution is 0.102. The number of nitrogens with one attached hydrogen (secondary N) is 2. The molecule has 2 rings (SSSR count). The van der Waals surface area contributed by atoms with Crippen LogP contribution < -0.4 is 16.4 Å². The third-order valence-electron chi connectivity index (χ3n) is 2.59. The van der Waals surface area contributed by atoms with E-state index in [0.29, 0.717) is 21.4 Å². The predicted molar refractivity (Wildman–Crippen MR) is 89.4 cm³/mol. The molecule has 108 valence electrons. The van der Waals surface area contributed by atoms with Gasteiger partial charge in [-0.2, -0.15) is 0 Å². The lowest BCUT2D eigenvalue weighted by Gasteiger charge is -2.08. The van der Waals surface area contributed by atoms with Crippen molar-refractivity contribution in [2.75, 3.05) is 10.6 Å². The second kappa shape index (κ2) is 6.73. The number of benzene rings is 2. The third kappa shape index (κ3) is 4.30. The number of amides is 3. The molecule has 0 aromatic heterocycles. The van der Waals surface area contributed by atoms with Gasteiger partial charge in [0, 0.05) is 20.3 Å². The van der Waals surface area contributed by atoms with Crippen molar-refractivity contribution in [3.8, 4) is 0 Å². The summed E-state index contributed by atoms with van der Waals surface area (Å²) >= 11 is 6.68. The van der Waals surface area contributed by atoms with E-state index in [-0.39, 0.29) is 5.91 Å². The van der Waals surface area contributed by atoms with Crippen molar-refractivity contribution in [3.05, 3.63) is 57.0 Å². The Balaban J connectivity index is 2.10. The van der Waals surface area contributed by atoms with E-state index in [2.05, 4.69) is 42.5 Å². The summed E-state index contributed by atoms with van der Waals surface area (Å²) in [5.74, 6) is -0.231. The van der Waals surface area contributed by atoms with Crippen LogP contribution in [0.1, 0.15) is 10.4 Å². The van der Waals surface area contributed by atoms with Gasteiger partial charge in [0.15, 0.2) is 0 Å². The van der Waals surface area contributed by atoms with Crippen molar-refractivity contribution >= 4 is 55.2 Å². The quantitative estimate of drug-likeness (QED) is 0.712. The standard InChI is InChI=1S/C14H11Br2N3O2/c15-8-1-6-11(12(16)7-8)13(20)18-9-2-4-10(5-3-9)19-14(17)21/h1-7H,(H,18,20)(H3,17,19,21). The molecule has 5 nitrogen and oxygen atoms in total. The van der Waals surface area contributed by atoms with Crippen molar-refractivity contribution in [2.24, 2.45) is 5.73 Å². The van der Waals surface area contributed by atoms with E-state index in [1.165, 1.54) is 0 Å². The first-order valence-corrected chi connectivity index (χ1v) is 7.47. The second-order valence-electron chi connectivity index (χ2n) is 4.14. The molecule has 0 aliphatic carbocycles. The highest BCUT2D eigenvalue weighted by Crippen LogP contribution is 2.23. The zero-order valence-electron chi connectivity index (χ0n) is 10.7. The maximum atomic E-state index is 12.2. The number of rotatable bonds is 3. The van der Waals surface area contributed by atoms with Crippen molar-refractivity contribution in [1.82, 2.24) is 0 Å². The van der Waals surface area contributed by atoms with Crippen LogP contribution >= 0.6 is 31.9 Å². The molecule has 0 fully saturated rings. The lowest BCUT2D eigenvalue weighted by Crippen LogP contribution is -2.19. The van der Waals surface area contributed by atoms with Gasteiger partial charge in [0.25, 0.3) is 5.91 Å². The molecule has 2 aromatic rings. The van der Waals surface area contributed by atoms with Crippen LogP contribution in [0.25, 0.3) is 0 Å². The van der Waals surface area contributed by atoms with E-state index in [4.69, 9.17) is 5.73 Å². The van der Waals surface area contributed by atoms with Crippen molar-refractivity contribution in [2.45, 2.75) is 0 Å². The Hall–Kier alpha value is -1.86. The Kier molecular flexibility index (Phi) is 4.98. The maximum absolute atomic E-state index is 12.2. The molecule has 0 bridgehead atoms. The minimum Gasteiger partial charge on any atom is -0.351 e. The fraction of sp³-hybridized carbons (Fsp3) is 0. The molecule has 4 N–H and O–H groups in total. The number of carbonyl (C=O) groups excluding carboxylic acids is 2. The van der Waals surface area contributed by atoms with Gasteiger partial charge < -0.3 is 16.4 Å². The first kappa shape index (κ1) is 15.5. The SMILES string of the molecule is NC(=O)Nc1ccc(NC(=O)c2ccc(Br)cc2Br)cc1. The number of hydrogen-bond acceptors (Lipinski definition) is 2. The van der Waals surface area contributed by atoms with Crippen LogP contribution in [0.4, 0.5) is 16.2 Å². The third-order valence-corrected chi connectivity index (χ3v) is 3.74. The van der Waals surface area contributed by atoms with Gasteiger partial charge in [-0.25, -0.2) is 4.79 Å². The number of carbonyl (C=O) groups is 2. The normalized spacial score (nSPS) is 10.0. The summed E-state index contributed by atoms with van der Waals surface area (Å²) in [5, 5.41) is 5.22. The van der Waals surface area contributed by atoms with E-state index >= 15 is 0 Å². The van der Waals surface area contributed by atoms with Crippen LogP contribution in [0.15, 0.2) is 51.4 Å². The lowest BCUT2D eigenvalue weighted by atomic mass is 10.2. The molecule has 2 aromatic carbocycles. The molecular formula is C14H11Br2N3O2. The smallest absolute Gasteiger partial charge is 0.316 e. The van der Waals surface area contributed by atoms with E-state index in [0.717, 1.165) is 4.47 Å². The van der Waals surface area contributed by atoms with Gasteiger partial charge in [-0.1, -0.05) is 15.9 Å². The Morgan fingerprint density at radius 2 is 1.48 bits per heavy atom. The summed E-state index contributed by atoms with van der Waals surface area (Å²) in [5.41, 5.74) is 6.72. The zero-order chi connectivity index (χ0) is 15.4. The predicted octanol–water partition coefficient (Wildman–Crippen LogP) is 3.95. The minimum absolute atomic E-state index is 0.231. The molecule has 0 spiro atoms. The summed E-state index contributed by atoms with van der Waals surface area (Å²) < 4.78 is 1.58. The van der Waals surface area contributed by atoms with E-state index in [1.807, 2.05) is 0 Å². The van der Waals surface area contributed by atoms with E-state index in [1.54, 1.807) is 42.5 Å². The highest BCUT2D eigenvalue weighted by atomic mass is 79.9. The van der Waals surface area contributed by atoms with E-state index < -0.39 is 6.03 Å². The Labute approximate surface area is 138 Å². The molecule has 7 heteroatoms. The van der Waals surface area contributed by atoms with Crippen molar-refractivity contribution in [1.29, 1.82) is 0 Å². The molecule has 0 radical (unpaired) electrons. The van der Waals surface area contributed by atoms with Crippen LogP contribution in [0.2, 0.25) is 0 Å². The number of anilines is 2. The van der Waals surface area contributed by atoms with Gasteiger partial charge in [0.2, 0.25) is 0 Å². The second-order valence-corrected chi connectivity index (χ2v) is 5.91. The number of halogens is 2. The van der Waals surface area contributed by atoms with Gasteiger partial charge in [0.1, 0.15) is 0 Å². The summed E-state index contributed by atoms with van der Waals surface area (Å²) in [6, 6.07) is 11.3. The van der Waals surface area contributed by atoms with Gasteiger partial charge in [0.05, 0.1) is 5.56 Å². The molecule has 0 aliphatic heterocycles. The number of urea groups is 1. The van der Waals surface area contributed by atoms with Gasteiger partial charge in [-0.3, -0.25) is 4.79 Å². The van der Waals surface area contributed by atoms with Crippen LogP contribution in [0, 0.1) is 0 Å². The highest BCUT2D eigenvalue weighted by Gasteiger charge is 2.10. The average Bonchev–Trinajstić information content (AvgIpc) is 2.40. The maximum Gasteiger partial charge on any atom is 0.316 e. The van der Waals surface area contributed by atoms with Gasteiger partial charge in [-0.05, 0) is 58.4 Å². The summed E-state index contributed by atoms with van der Waals surface area (Å²) in [7, 11) is 0. The topological polar surface area (TPSA) is 84.2 Å². The van der Waals surface area contributed by atoms with Crippen molar-refractivity contribution in [3.63, 3.8) is 0 Å². The van der Waals surface area contributed by atoms with E-state index in [9.17, 15) is 9.59 Å². The first-order chi connectivity index (χ1) is 9.95. The summed E-state index contributed by atoms with van der Waals surface area (Å²) in [4.78, 5) is 22.9. The number of hydrogen-bond donors (Lipinski definition) is 3. The summed E-state index contributed by atoms with van der Waals surface area (Å²) in [6.07, 6.45) is 0. The highest BCUT2D eigenvalue weighted by molar-refractivity contribution is 9.11. The Bertz CT molecular complexity index is 687. The molecule has 0 aliphatic rings. The van der Waals surface area contributed by atoms with Gasteiger partial charge in [-0.15, -0.1) is 0 Å². The molecule has 0 saturated heterocycles. The minimum atomic E-state index is -0.634. The molecule has 3 amide bonds. The largest absolute Gasteiger partial charge is 0.351 e. The fourth-order valence-electron chi connectivity index (χ4n) is 1.65. The molecular weight excluding hydrogens is 402 g/mol. The number of nitrogens with two attached hydrogens (primary N) is 1. The fourth-order valence-corrected chi connectivity index (χ4v) is 2.88. The molecule has 0 saturated carbocycles. The molecule has 0 atom stereocenters. The Morgan fingerprint density at radius 1 is 0.905 bits per heavy atom. The summed E-state index contributed by atoms with van der Waals surface area (Å²) in [6.45, 7) is 0. The zero-order valence-corrected chi connectivity index (χ0v) is 13.9. The van der Waals surface area contributed by atoms with Crippen molar-refractivity contribution < 1.29 is 9.59 Å². The van der Waals surface area contributed by atoms with Gasteiger partial charge >= 0.3 is 6.03 Å². The molecule has 21 heavy (non-hydrogen) atoms. The first-order valence-electron chi connectivity index (χ1n) is 5.88. The van der Waals surface area contributed by atoms with Crippen LogP contribution in [-0.4, -0.2) is 11.9 Å². The molecule has 0 heterocycles. The van der Waals surface area contributed by atoms with Crippen LogP contribution in [0.5, 0.6) is 0 Å². The monoisotopic (exact) mass is 411 g/mol. The van der Waals surface area contributed by atoms with Crippen LogP contribution in [0.3, 0.4) is 0 Å². The van der Waals surface area contributed by atoms with Crippen LogP contribution in [-0.2, 0) is 0 Å². The molecule has 0 unspecified atom stereocenters. The average molecular weight is 413 g/mol. The number of primary amides is 1.